The Morgan fingerprint density at radius 3 is 2.57 bits per heavy atom. The van der Waals surface area contributed by atoms with E-state index >= 15 is 0 Å². The normalized spacial score (nSPS) is 19.5. The molecule has 1 aliphatic rings. The van der Waals surface area contributed by atoms with Crippen molar-refractivity contribution in [3.05, 3.63) is 24.3 Å². The van der Waals surface area contributed by atoms with Crippen molar-refractivity contribution < 1.29 is 13.2 Å². The second kappa shape index (κ2) is 7.13. The number of sulfonamides is 1. The zero-order valence-electron chi connectivity index (χ0n) is 12.6. The zero-order valence-corrected chi connectivity index (χ0v) is 13.4. The van der Waals surface area contributed by atoms with Crippen molar-refractivity contribution in [1.82, 2.24) is 5.32 Å². The molecule has 1 saturated heterocycles. The summed E-state index contributed by atoms with van der Waals surface area (Å²) in [7, 11) is -3.32. The Hall–Kier alpha value is -1.27. The molecule has 6 heteroatoms. The van der Waals surface area contributed by atoms with Crippen LogP contribution in [-0.4, -0.2) is 32.9 Å². The summed E-state index contributed by atoms with van der Waals surface area (Å²) in [5.74, 6) is 0.860. The number of rotatable bonds is 6. The molecule has 1 fully saturated rings. The lowest BCUT2D eigenvalue weighted by Gasteiger charge is -2.23. The highest BCUT2D eigenvalue weighted by Crippen LogP contribution is 2.18. The molecule has 1 aromatic carbocycles. The minimum absolute atomic E-state index is 0.0554. The Morgan fingerprint density at radius 2 is 2.00 bits per heavy atom. The molecule has 0 saturated carbocycles. The van der Waals surface area contributed by atoms with E-state index in [2.05, 4.69) is 10.0 Å². The maximum absolute atomic E-state index is 12.1. The maximum Gasteiger partial charge on any atom is 0.234 e. The van der Waals surface area contributed by atoms with Crippen molar-refractivity contribution in [1.29, 1.82) is 0 Å². The Labute approximate surface area is 127 Å². The highest BCUT2D eigenvalue weighted by molar-refractivity contribution is 7.92. The number of piperidine rings is 1. The van der Waals surface area contributed by atoms with E-state index in [-0.39, 0.29) is 17.9 Å². The molecule has 1 heterocycles. The summed E-state index contributed by atoms with van der Waals surface area (Å²) < 4.78 is 32.5. The van der Waals surface area contributed by atoms with Crippen molar-refractivity contribution in [3.8, 4) is 5.75 Å². The van der Waals surface area contributed by atoms with Gasteiger partial charge < -0.3 is 10.1 Å². The predicted molar refractivity (Wildman–Crippen MR) is 85.3 cm³/mol. The lowest BCUT2D eigenvalue weighted by molar-refractivity contribution is 0.242. The Balaban J connectivity index is 1.92. The third-order valence-corrected chi connectivity index (χ3v) is 4.72. The number of hydrogen-bond acceptors (Lipinski definition) is 4. The van der Waals surface area contributed by atoms with Gasteiger partial charge in [0.15, 0.2) is 0 Å². The summed E-state index contributed by atoms with van der Waals surface area (Å²) in [6, 6.07) is 7.06. The van der Waals surface area contributed by atoms with E-state index in [9.17, 15) is 8.42 Å². The first kappa shape index (κ1) is 16.1. The average Bonchev–Trinajstić information content (AvgIpc) is 2.40. The van der Waals surface area contributed by atoms with Gasteiger partial charge >= 0.3 is 0 Å². The van der Waals surface area contributed by atoms with Gasteiger partial charge in [0, 0.05) is 11.7 Å². The van der Waals surface area contributed by atoms with E-state index in [1.54, 1.807) is 24.3 Å². The van der Waals surface area contributed by atoms with Crippen LogP contribution in [0.15, 0.2) is 24.3 Å². The molecular formula is C15H24N2O3S. The van der Waals surface area contributed by atoms with Gasteiger partial charge in [-0.05, 0) is 57.5 Å². The molecule has 5 nitrogen and oxygen atoms in total. The summed E-state index contributed by atoms with van der Waals surface area (Å²) in [6.07, 6.45) is 3.24. The molecule has 118 valence electrons. The molecule has 0 aromatic heterocycles. The largest absolute Gasteiger partial charge is 0.491 e. The highest BCUT2D eigenvalue weighted by atomic mass is 32.2. The fourth-order valence-corrected chi connectivity index (χ4v) is 3.82. The first-order valence-corrected chi connectivity index (χ1v) is 9.10. The van der Waals surface area contributed by atoms with Gasteiger partial charge in [0.25, 0.3) is 0 Å². The Kier molecular flexibility index (Phi) is 5.47. The monoisotopic (exact) mass is 312 g/mol. The van der Waals surface area contributed by atoms with E-state index in [4.69, 9.17) is 4.74 Å². The topological polar surface area (TPSA) is 67.4 Å². The maximum atomic E-state index is 12.1. The molecule has 1 atom stereocenters. The minimum Gasteiger partial charge on any atom is -0.491 e. The van der Waals surface area contributed by atoms with Crippen molar-refractivity contribution in [2.24, 2.45) is 0 Å². The van der Waals surface area contributed by atoms with E-state index in [1.807, 2.05) is 13.8 Å². The number of anilines is 1. The average molecular weight is 312 g/mol. The van der Waals surface area contributed by atoms with Crippen molar-refractivity contribution >= 4 is 15.7 Å². The van der Waals surface area contributed by atoms with Crippen LogP contribution in [0, 0.1) is 0 Å². The van der Waals surface area contributed by atoms with Crippen LogP contribution in [0.4, 0.5) is 5.69 Å². The second-order valence-corrected chi connectivity index (χ2v) is 7.49. The Bertz CT molecular complexity index is 535. The molecule has 0 aliphatic carbocycles. The van der Waals surface area contributed by atoms with Crippen molar-refractivity contribution in [2.45, 2.75) is 45.3 Å². The molecule has 0 bridgehead atoms. The van der Waals surface area contributed by atoms with Crippen LogP contribution in [-0.2, 0) is 10.0 Å². The van der Waals surface area contributed by atoms with Gasteiger partial charge in [0.05, 0.1) is 11.9 Å². The number of ether oxygens (including phenoxy) is 1. The molecule has 1 aromatic rings. The molecule has 2 N–H and O–H groups in total. The quantitative estimate of drug-likeness (QED) is 0.846. The Morgan fingerprint density at radius 1 is 1.29 bits per heavy atom. The van der Waals surface area contributed by atoms with Gasteiger partial charge in [0.2, 0.25) is 10.0 Å². The molecule has 1 aliphatic heterocycles. The van der Waals surface area contributed by atoms with Gasteiger partial charge in [-0.15, -0.1) is 0 Å². The lowest BCUT2D eigenvalue weighted by Crippen LogP contribution is -2.40. The molecule has 2 rings (SSSR count). The van der Waals surface area contributed by atoms with Crippen molar-refractivity contribution in [2.75, 3.05) is 17.0 Å². The standard InChI is InChI=1S/C15H24N2O3S/c1-12(2)20-15-8-6-13(7-9-15)17-21(18,19)11-14-5-3-4-10-16-14/h6-9,12,14,16-17H,3-5,10-11H2,1-2H3. The molecule has 0 spiro atoms. The van der Waals surface area contributed by atoms with E-state index in [0.29, 0.717) is 5.69 Å². The molecule has 21 heavy (non-hydrogen) atoms. The van der Waals surface area contributed by atoms with Crippen LogP contribution in [0.3, 0.4) is 0 Å². The van der Waals surface area contributed by atoms with Gasteiger partial charge in [-0.1, -0.05) is 6.42 Å². The van der Waals surface area contributed by atoms with Crippen LogP contribution in [0.1, 0.15) is 33.1 Å². The van der Waals surface area contributed by atoms with Gasteiger partial charge in [-0.25, -0.2) is 8.42 Å². The third kappa shape index (κ3) is 5.55. The lowest BCUT2D eigenvalue weighted by atomic mass is 10.1. The fraction of sp³-hybridized carbons (Fsp3) is 0.600. The first-order chi connectivity index (χ1) is 9.94. The fourth-order valence-electron chi connectivity index (χ4n) is 2.43. The van der Waals surface area contributed by atoms with Crippen LogP contribution in [0.25, 0.3) is 0 Å². The summed E-state index contributed by atoms with van der Waals surface area (Å²) >= 11 is 0. The summed E-state index contributed by atoms with van der Waals surface area (Å²) in [6.45, 7) is 4.81. The number of benzene rings is 1. The summed E-state index contributed by atoms with van der Waals surface area (Å²) in [4.78, 5) is 0. The molecular weight excluding hydrogens is 288 g/mol. The predicted octanol–water partition coefficient (Wildman–Crippen LogP) is 2.36. The number of nitrogens with one attached hydrogen (secondary N) is 2. The van der Waals surface area contributed by atoms with E-state index < -0.39 is 10.0 Å². The zero-order chi connectivity index (χ0) is 15.3. The number of hydrogen-bond donors (Lipinski definition) is 2. The summed E-state index contributed by atoms with van der Waals surface area (Å²) in [5.41, 5.74) is 0.571. The van der Waals surface area contributed by atoms with E-state index in [1.165, 1.54) is 0 Å². The minimum atomic E-state index is -3.32. The van der Waals surface area contributed by atoms with Gasteiger partial charge in [-0.2, -0.15) is 0 Å². The smallest absolute Gasteiger partial charge is 0.234 e. The second-order valence-electron chi connectivity index (χ2n) is 5.72. The molecule has 0 amide bonds. The van der Waals surface area contributed by atoms with Crippen LogP contribution < -0.4 is 14.8 Å². The van der Waals surface area contributed by atoms with E-state index in [0.717, 1.165) is 31.6 Å². The van der Waals surface area contributed by atoms with Crippen LogP contribution >= 0.6 is 0 Å². The van der Waals surface area contributed by atoms with Crippen LogP contribution in [0.2, 0.25) is 0 Å². The van der Waals surface area contributed by atoms with Gasteiger partial charge in [-0.3, -0.25) is 4.72 Å². The summed E-state index contributed by atoms with van der Waals surface area (Å²) in [5, 5.41) is 3.25. The molecule has 0 radical (unpaired) electrons. The van der Waals surface area contributed by atoms with Gasteiger partial charge in [0.1, 0.15) is 5.75 Å². The van der Waals surface area contributed by atoms with Crippen molar-refractivity contribution in [3.63, 3.8) is 0 Å². The highest BCUT2D eigenvalue weighted by Gasteiger charge is 2.20. The molecule has 1 unspecified atom stereocenters. The van der Waals surface area contributed by atoms with Crippen LogP contribution in [0.5, 0.6) is 5.75 Å². The third-order valence-electron chi connectivity index (χ3n) is 3.33. The first-order valence-electron chi connectivity index (χ1n) is 7.45. The SMILES string of the molecule is CC(C)Oc1ccc(NS(=O)(=O)CC2CCCCN2)cc1.